The number of benzene rings is 2. The Labute approximate surface area is 318 Å². The highest BCUT2D eigenvalue weighted by Gasteiger charge is 2.27. The second kappa shape index (κ2) is 15.5. The molecular weight excluding hydrogens is 720 g/mol. The van der Waals surface area contributed by atoms with E-state index in [1.54, 1.807) is 24.5 Å². The topological polar surface area (TPSA) is 184 Å². The number of nitrogens with one attached hydrogen (secondary N) is 1. The maximum Gasteiger partial charge on any atom is 0.263 e. The van der Waals surface area contributed by atoms with Crippen LogP contribution in [0.5, 0.6) is 0 Å². The third kappa shape index (κ3) is 7.53. The number of aryl methyl sites for hydroxylation is 2. The summed E-state index contributed by atoms with van der Waals surface area (Å²) in [5, 5.41) is 9.22. The molecule has 2 aromatic carbocycles. The first-order valence-electron chi connectivity index (χ1n) is 17.8. The lowest BCUT2D eigenvalue weighted by atomic mass is 10.1. The fourth-order valence-corrected chi connectivity index (χ4v) is 7.21. The van der Waals surface area contributed by atoms with Gasteiger partial charge in [-0.05, 0) is 85.0 Å². The molecule has 8 aromatic rings. The summed E-state index contributed by atoms with van der Waals surface area (Å²) in [6.45, 7) is 3.93. The van der Waals surface area contributed by atoms with E-state index in [1.165, 1.54) is 39.5 Å². The second-order valence-corrected chi connectivity index (χ2v) is 13.8. The van der Waals surface area contributed by atoms with Crippen LogP contribution in [0, 0.1) is 13.8 Å². The van der Waals surface area contributed by atoms with Crippen molar-refractivity contribution in [2.24, 2.45) is 0 Å². The van der Waals surface area contributed by atoms with Gasteiger partial charge < -0.3 is 14.0 Å². The zero-order valence-corrected chi connectivity index (χ0v) is 30.8. The summed E-state index contributed by atoms with van der Waals surface area (Å²) >= 11 is 5.64. The van der Waals surface area contributed by atoms with Crippen LogP contribution in [0.3, 0.4) is 0 Å². The summed E-state index contributed by atoms with van der Waals surface area (Å²) in [7, 11) is 0. The number of hydrogen-bond donors (Lipinski definition) is 1. The van der Waals surface area contributed by atoms with Gasteiger partial charge in [0, 0.05) is 24.2 Å². The summed E-state index contributed by atoms with van der Waals surface area (Å²) in [5.74, 6) is 3.24. The minimum atomic E-state index is -0.154. The van der Waals surface area contributed by atoms with E-state index in [0.29, 0.717) is 45.6 Å². The van der Waals surface area contributed by atoms with Crippen molar-refractivity contribution in [3.05, 3.63) is 163 Å². The number of H-pyrrole nitrogens is 1. The quantitative estimate of drug-likeness (QED) is 0.211. The van der Waals surface area contributed by atoms with Crippen molar-refractivity contribution in [3.8, 4) is 0 Å². The monoisotopic (exact) mass is 754 g/mol. The zero-order valence-electron chi connectivity index (χ0n) is 30.0. The Morgan fingerprint density at radius 2 is 1.20 bits per heavy atom. The van der Waals surface area contributed by atoms with E-state index < -0.39 is 0 Å². The molecule has 6 heterocycles. The van der Waals surface area contributed by atoms with Gasteiger partial charge in [-0.25, -0.2) is 19.9 Å². The molecule has 10 rings (SSSR count). The van der Waals surface area contributed by atoms with Crippen LogP contribution in [0.4, 0.5) is 0 Å². The Kier molecular flexibility index (Phi) is 10.0. The van der Waals surface area contributed by atoms with E-state index >= 15 is 0 Å². The molecule has 0 saturated heterocycles. The molecule has 0 fully saturated rings. The maximum atomic E-state index is 12.8. The number of nitrogens with zero attached hydrogens (tertiary/aromatic N) is 9. The Hall–Kier alpha value is -6.41. The third-order valence-corrected chi connectivity index (χ3v) is 10.1. The van der Waals surface area contributed by atoms with Gasteiger partial charge >= 0.3 is 0 Å². The Bertz CT molecular complexity index is 2700. The summed E-state index contributed by atoms with van der Waals surface area (Å²) < 4.78 is 11.9. The fraction of sp³-hybridized carbons (Fsp3) is 0.250. The van der Waals surface area contributed by atoms with Crippen molar-refractivity contribution in [2.75, 3.05) is 0 Å². The van der Waals surface area contributed by atoms with E-state index in [9.17, 15) is 9.59 Å². The number of aromatic amines is 1. The van der Waals surface area contributed by atoms with E-state index in [0.717, 1.165) is 42.6 Å². The van der Waals surface area contributed by atoms with Crippen molar-refractivity contribution in [1.82, 2.24) is 49.8 Å². The number of hydrogen-bond acceptors (Lipinski definition) is 12. The predicted molar refractivity (Wildman–Crippen MR) is 204 cm³/mol. The van der Waals surface area contributed by atoms with Crippen LogP contribution in [-0.2, 0) is 38.1 Å². The number of aromatic nitrogens is 10. The lowest BCUT2D eigenvalue weighted by Crippen LogP contribution is -2.22. The molecule has 14 nitrogen and oxygen atoms in total. The molecule has 2 aliphatic carbocycles. The molecule has 1 N–H and O–H groups in total. The molecule has 6 aromatic heterocycles. The molecule has 0 atom stereocenters. The first kappa shape index (κ1) is 35.6. The number of halogens is 1. The molecule has 0 bridgehead atoms. The number of pyridine rings is 2. The fourth-order valence-electron chi connectivity index (χ4n) is 7.10. The summed E-state index contributed by atoms with van der Waals surface area (Å²) in [6.07, 6.45) is 9.95. The summed E-state index contributed by atoms with van der Waals surface area (Å²) in [5.41, 5.74) is 7.87. The van der Waals surface area contributed by atoms with Crippen LogP contribution in [-0.4, -0.2) is 49.8 Å². The van der Waals surface area contributed by atoms with Gasteiger partial charge in [0.2, 0.25) is 11.8 Å². The average Bonchev–Trinajstić information content (AvgIpc) is 4.02. The molecule has 15 heteroatoms. The molecule has 0 saturated carbocycles. The molecule has 0 radical (unpaired) electrons. The smallest absolute Gasteiger partial charge is 0.263 e. The van der Waals surface area contributed by atoms with Gasteiger partial charge in [-0.15, -0.1) is 11.6 Å². The zero-order chi connectivity index (χ0) is 37.9. The highest BCUT2D eigenvalue weighted by atomic mass is 35.5. The Balaban J connectivity index is 0.000000129. The average molecular weight is 755 g/mol. The van der Waals surface area contributed by atoms with Gasteiger partial charge in [-0.2, -0.15) is 9.97 Å². The molecule has 55 heavy (non-hydrogen) atoms. The minimum absolute atomic E-state index is 0.134. The molecule has 2 aliphatic rings. The normalized spacial score (nSPS) is 13.6. The van der Waals surface area contributed by atoms with Gasteiger partial charge in [0.15, 0.2) is 22.9 Å². The standard InChI is InChI=1S/C20H17N5O2.C12H11ClN2O.C8H7N3O/c1-12-6-7-21-19-17(12)20(26)25(11-22-19)10-16-23-18(24-27-16)15-8-13-4-2-3-5-14(13)9-15;13-7-11-14-12(15-16-11)10-5-8-3-1-2-4-9(8)6-10;1-5-2-3-9-7-6(5)8(12)11-4-10-7/h2-7,11,15H,8-10H2,1H3;1-4,10H,5-7H2;2-4H,1H3,(H,9,10,11,12). The minimum Gasteiger partial charge on any atom is -0.338 e. The predicted octanol–water partition coefficient (Wildman–Crippen LogP) is 5.73. The summed E-state index contributed by atoms with van der Waals surface area (Å²) in [4.78, 5) is 51.7. The van der Waals surface area contributed by atoms with Crippen molar-refractivity contribution in [3.63, 3.8) is 0 Å². The van der Waals surface area contributed by atoms with Gasteiger partial charge in [0.05, 0.1) is 17.1 Å². The number of alkyl halides is 1. The van der Waals surface area contributed by atoms with Crippen molar-refractivity contribution >= 4 is 33.7 Å². The van der Waals surface area contributed by atoms with Crippen LogP contribution >= 0.6 is 11.6 Å². The van der Waals surface area contributed by atoms with Gasteiger partial charge in [-0.1, -0.05) is 58.8 Å². The highest BCUT2D eigenvalue weighted by molar-refractivity contribution is 6.16. The molecule has 0 amide bonds. The maximum absolute atomic E-state index is 12.8. The van der Waals surface area contributed by atoms with Crippen molar-refractivity contribution < 1.29 is 9.05 Å². The van der Waals surface area contributed by atoms with Crippen molar-refractivity contribution in [1.29, 1.82) is 0 Å². The van der Waals surface area contributed by atoms with Crippen LogP contribution in [0.25, 0.3) is 22.1 Å². The second-order valence-electron chi connectivity index (χ2n) is 13.5. The van der Waals surface area contributed by atoms with E-state index in [4.69, 9.17) is 20.6 Å². The molecular formula is C40H35ClN10O4. The lowest BCUT2D eigenvalue weighted by molar-refractivity contribution is 0.361. The molecule has 0 spiro atoms. The van der Waals surface area contributed by atoms with Crippen LogP contribution in [0.15, 0.2) is 104 Å². The van der Waals surface area contributed by atoms with E-state index in [-0.39, 0.29) is 29.5 Å². The van der Waals surface area contributed by atoms with Crippen molar-refractivity contribution in [2.45, 2.75) is 63.8 Å². The van der Waals surface area contributed by atoms with Gasteiger partial charge in [0.25, 0.3) is 11.1 Å². The number of fused-ring (bicyclic) bond motifs is 4. The lowest BCUT2D eigenvalue weighted by Gasteiger charge is -2.05. The third-order valence-electron chi connectivity index (χ3n) is 9.90. The number of rotatable bonds is 5. The first-order chi connectivity index (χ1) is 26.8. The molecule has 0 unspecified atom stereocenters. The van der Waals surface area contributed by atoms with E-state index in [2.05, 4.69) is 93.7 Å². The SMILES string of the molecule is Cc1ccnc2nc[nH]c(=O)c12.Cc1ccnc2ncn(Cc3nc(C4Cc5ccccc5C4)no3)c(=O)c12.ClCc1nc(C2Cc3ccccc3C2)no1. The van der Waals surface area contributed by atoms with Crippen LogP contribution in [0.1, 0.15) is 68.6 Å². The highest BCUT2D eigenvalue weighted by Crippen LogP contribution is 2.33. The first-order valence-corrected chi connectivity index (χ1v) is 18.3. The van der Waals surface area contributed by atoms with Gasteiger partial charge in [-0.3, -0.25) is 14.2 Å². The Morgan fingerprint density at radius 3 is 1.73 bits per heavy atom. The van der Waals surface area contributed by atoms with Gasteiger partial charge in [0.1, 0.15) is 18.8 Å². The van der Waals surface area contributed by atoms with Crippen LogP contribution < -0.4 is 11.1 Å². The Morgan fingerprint density at radius 1 is 0.691 bits per heavy atom. The largest absolute Gasteiger partial charge is 0.338 e. The van der Waals surface area contributed by atoms with E-state index in [1.807, 2.05) is 13.8 Å². The molecule has 0 aliphatic heterocycles. The van der Waals surface area contributed by atoms with Crippen LogP contribution in [0.2, 0.25) is 0 Å². The summed E-state index contributed by atoms with van der Waals surface area (Å²) in [6, 6.07) is 20.5. The molecule has 276 valence electrons.